The van der Waals surface area contributed by atoms with E-state index in [0.717, 1.165) is 18.5 Å². The second kappa shape index (κ2) is 6.12. The van der Waals surface area contributed by atoms with Gasteiger partial charge in [-0.25, -0.2) is 4.39 Å². The molecular formula is C15H18FNS. The van der Waals surface area contributed by atoms with Crippen LogP contribution in [0.15, 0.2) is 36.4 Å². The Kier molecular flexibility index (Phi) is 4.50. The van der Waals surface area contributed by atoms with Crippen LogP contribution in [0.5, 0.6) is 0 Å². The lowest BCUT2D eigenvalue weighted by atomic mass is 10.0. The second-order valence-corrected chi connectivity index (χ2v) is 5.71. The van der Waals surface area contributed by atoms with E-state index in [1.54, 1.807) is 23.5 Å². The summed E-state index contributed by atoms with van der Waals surface area (Å²) in [7, 11) is 0. The topological polar surface area (TPSA) is 12.0 Å². The van der Waals surface area contributed by atoms with Gasteiger partial charge in [-0.2, -0.15) is 0 Å². The summed E-state index contributed by atoms with van der Waals surface area (Å²) in [6.45, 7) is 5.12. The SMILES string of the molecule is CCNC(Cc1cccc(F)c1)c1ccc(C)s1. The minimum absolute atomic E-state index is 0.162. The fourth-order valence-corrected chi connectivity index (χ4v) is 3.01. The van der Waals surface area contributed by atoms with Crippen LogP contribution < -0.4 is 5.32 Å². The molecule has 0 spiro atoms. The molecule has 3 heteroatoms. The Morgan fingerprint density at radius 2 is 2.11 bits per heavy atom. The number of likely N-dealkylation sites (N-methyl/N-ethyl adjacent to an activating group) is 1. The van der Waals surface area contributed by atoms with E-state index < -0.39 is 0 Å². The van der Waals surface area contributed by atoms with Gasteiger partial charge in [-0.1, -0.05) is 19.1 Å². The molecule has 1 N–H and O–H groups in total. The highest BCUT2D eigenvalue weighted by Crippen LogP contribution is 2.25. The second-order valence-electron chi connectivity index (χ2n) is 4.39. The molecule has 0 bridgehead atoms. The van der Waals surface area contributed by atoms with Gasteiger partial charge in [0.25, 0.3) is 0 Å². The number of aryl methyl sites for hydroxylation is 1. The van der Waals surface area contributed by atoms with Crippen molar-refractivity contribution in [3.05, 3.63) is 57.5 Å². The number of thiophene rings is 1. The maximum Gasteiger partial charge on any atom is 0.123 e. The van der Waals surface area contributed by atoms with E-state index in [0.29, 0.717) is 0 Å². The van der Waals surface area contributed by atoms with Crippen molar-refractivity contribution in [1.82, 2.24) is 5.32 Å². The van der Waals surface area contributed by atoms with Gasteiger partial charge in [-0.15, -0.1) is 11.3 Å². The Bertz CT molecular complexity index is 507. The number of halogens is 1. The van der Waals surface area contributed by atoms with Crippen LogP contribution in [0, 0.1) is 12.7 Å². The minimum atomic E-state index is -0.162. The third-order valence-electron chi connectivity index (χ3n) is 2.88. The molecule has 0 radical (unpaired) electrons. The molecule has 1 unspecified atom stereocenters. The van der Waals surface area contributed by atoms with Crippen molar-refractivity contribution < 1.29 is 4.39 Å². The van der Waals surface area contributed by atoms with Gasteiger partial charge in [0.1, 0.15) is 5.82 Å². The van der Waals surface area contributed by atoms with Crippen LogP contribution in [0.1, 0.15) is 28.3 Å². The molecule has 0 aliphatic rings. The van der Waals surface area contributed by atoms with E-state index in [2.05, 4.69) is 31.3 Å². The Labute approximate surface area is 112 Å². The zero-order chi connectivity index (χ0) is 13.0. The van der Waals surface area contributed by atoms with Crippen LogP contribution in [-0.4, -0.2) is 6.54 Å². The van der Waals surface area contributed by atoms with Gasteiger partial charge in [0.15, 0.2) is 0 Å². The fraction of sp³-hybridized carbons (Fsp3) is 0.333. The van der Waals surface area contributed by atoms with Crippen molar-refractivity contribution >= 4 is 11.3 Å². The van der Waals surface area contributed by atoms with Crippen LogP contribution in [0.4, 0.5) is 4.39 Å². The van der Waals surface area contributed by atoms with Crippen molar-refractivity contribution in [1.29, 1.82) is 0 Å². The first-order valence-electron chi connectivity index (χ1n) is 6.23. The van der Waals surface area contributed by atoms with Crippen LogP contribution in [0.2, 0.25) is 0 Å². The molecule has 0 fully saturated rings. The summed E-state index contributed by atoms with van der Waals surface area (Å²) < 4.78 is 13.2. The van der Waals surface area contributed by atoms with E-state index in [4.69, 9.17) is 0 Å². The van der Waals surface area contributed by atoms with Crippen molar-refractivity contribution in [2.75, 3.05) is 6.54 Å². The molecule has 1 aromatic heterocycles. The maximum absolute atomic E-state index is 13.2. The first kappa shape index (κ1) is 13.2. The van der Waals surface area contributed by atoms with E-state index in [-0.39, 0.29) is 11.9 Å². The Hall–Kier alpha value is -1.19. The molecule has 18 heavy (non-hydrogen) atoms. The molecule has 1 nitrogen and oxygen atoms in total. The highest BCUT2D eigenvalue weighted by atomic mass is 32.1. The molecule has 2 rings (SSSR count). The zero-order valence-corrected chi connectivity index (χ0v) is 11.6. The van der Waals surface area contributed by atoms with E-state index in [9.17, 15) is 4.39 Å². The highest BCUT2D eigenvalue weighted by molar-refractivity contribution is 7.12. The van der Waals surface area contributed by atoms with Gasteiger partial charge < -0.3 is 5.32 Å². The molecule has 0 amide bonds. The lowest BCUT2D eigenvalue weighted by Gasteiger charge is -2.16. The molecule has 1 heterocycles. The molecule has 0 saturated carbocycles. The summed E-state index contributed by atoms with van der Waals surface area (Å²) in [5.41, 5.74) is 1.03. The summed E-state index contributed by atoms with van der Waals surface area (Å²) >= 11 is 1.80. The monoisotopic (exact) mass is 263 g/mol. The minimum Gasteiger partial charge on any atom is -0.309 e. The quantitative estimate of drug-likeness (QED) is 0.856. The normalized spacial score (nSPS) is 12.6. The molecule has 0 aliphatic carbocycles. The summed E-state index contributed by atoms with van der Waals surface area (Å²) in [4.78, 5) is 2.63. The zero-order valence-electron chi connectivity index (χ0n) is 10.7. The highest BCUT2D eigenvalue weighted by Gasteiger charge is 2.13. The predicted molar refractivity (Wildman–Crippen MR) is 75.6 cm³/mol. The summed E-state index contributed by atoms with van der Waals surface area (Å²) in [5, 5.41) is 3.47. The van der Waals surface area contributed by atoms with Gasteiger partial charge in [0, 0.05) is 15.8 Å². The van der Waals surface area contributed by atoms with Crippen molar-refractivity contribution in [2.45, 2.75) is 26.3 Å². The Balaban J connectivity index is 2.16. The number of benzene rings is 1. The third-order valence-corrected chi connectivity index (χ3v) is 4.00. The molecule has 96 valence electrons. The smallest absolute Gasteiger partial charge is 0.123 e. The fourth-order valence-electron chi connectivity index (χ4n) is 2.06. The summed E-state index contributed by atoms with van der Waals surface area (Å²) in [5.74, 6) is -0.162. The van der Waals surface area contributed by atoms with Crippen molar-refractivity contribution in [3.63, 3.8) is 0 Å². The molecular weight excluding hydrogens is 245 g/mol. The lowest BCUT2D eigenvalue weighted by molar-refractivity contribution is 0.554. The van der Waals surface area contributed by atoms with E-state index in [1.165, 1.54) is 15.8 Å². The first-order valence-corrected chi connectivity index (χ1v) is 7.05. The molecule has 0 aliphatic heterocycles. The first-order chi connectivity index (χ1) is 8.69. The van der Waals surface area contributed by atoms with Crippen molar-refractivity contribution in [3.8, 4) is 0 Å². The van der Waals surface area contributed by atoms with Crippen LogP contribution in [0.25, 0.3) is 0 Å². The van der Waals surface area contributed by atoms with Gasteiger partial charge in [-0.3, -0.25) is 0 Å². The van der Waals surface area contributed by atoms with Crippen LogP contribution >= 0.6 is 11.3 Å². The van der Waals surface area contributed by atoms with Gasteiger partial charge in [-0.05, 0) is 49.7 Å². The standard InChI is InChI=1S/C15H18FNS/c1-3-17-14(15-8-7-11(2)18-15)10-12-5-4-6-13(16)9-12/h4-9,14,17H,3,10H2,1-2H3. The average Bonchev–Trinajstić information content (AvgIpc) is 2.75. The van der Waals surface area contributed by atoms with Crippen LogP contribution in [-0.2, 0) is 6.42 Å². The number of hydrogen-bond acceptors (Lipinski definition) is 2. The molecule has 0 saturated heterocycles. The third kappa shape index (κ3) is 3.40. The predicted octanol–water partition coefficient (Wildman–Crippen LogP) is 4.09. The number of hydrogen-bond donors (Lipinski definition) is 1. The van der Waals surface area contributed by atoms with E-state index >= 15 is 0 Å². The van der Waals surface area contributed by atoms with Gasteiger partial charge >= 0.3 is 0 Å². The maximum atomic E-state index is 13.2. The Morgan fingerprint density at radius 3 is 2.72 bits per heavy atom. The van der Waals surface area contributed by atoms with E-state index in [1.807, 2.05) is 6.07 Å². The largest absolute Gasteiger partial charge is 0.309 e. The molecule has 2 aromatic rings. The Morgan fingerprint density at radius 1 is 1.28 bits per heavy atom. The van der Waals surface area contributed by atoms with Crippen LogP contribution in [0.3, 0.4) is 0 Å². The van der Waals surface area contributed by atoms with Gasteiger partial charge in [0.05, 0.1) is 0 Å². The molecule has 1 atom stereocenters. The molecule has 1 aromatic carbocycles. The lowest BCUT2D eigenvalue weighted by Crippen LogP contribution is -2.22. The number of nitrogens with one attached hydrogen (secondary N) is 1. The number of rotatable bonds is 5. The summed E-state index contributed by atoms with van der Waals surface area (Å²) in [6, 6.07) is 11.4. The summed E-state index contributed by atoms with van der Waals surface area (Å²) in [6.07, 6.45) is 0.825. The van der Waals surface area contributed by atoms with Gasteiger partial charge in [0.2, 0.25) is 0 Å². The average molecular weight is 263 g/mol. The van der Waals surface area contributed by atoms with Crippen molar-refractivity contribution in [2.24, 2.45) is 0 Å².